The highest BCUT2D eigenvalue weighted by Crippen LogP contribution is 2.35. The first-order chi connectivity index (χ1) is 17.0. The number of hydrogen-bond donors (Lipinski definition) is 1. The monoisotopic (exact) mass is 539 g/mol. The summed E-state index contributed by atoms with van der Waals surface area (Å²) < 4.78 is 28.4. The molecular formula is C26H29N5O2S3. The van der Waals surface area contributed by atoms with Gasteiger partial charge in [-0.3, -0.25) is 14.2 Å². The summed E-state index contributed by atoms with van der Waals surface area (Å²) in [5.41, 5.74) is 3.47. The maximum absolute atomic E-state index is 13.3. The Balaban J connectivity index is 0.00000304. The normalized spacial score (nSPS) is 11.6. The van der Waals surface area contributed by atoms with Crippen LogP contribution in [0.5, 0.6) is 0 Å². The van der Waals surface area contributed by atoms with Crippen LogP contribution in [0.2, 0.25) is 0 Å². The molecular weight excluding hydrogens is 511 g/mol. The third kappa shape index (κ3) is 5.22. The van der Waals surface area contributed by atoms with Gasteiger partial charge in [-0.1, -0.05) is 31.7 Å². The third-order valence-electron chi connectivity index (χ3n) is 5.61. The minimum Gasteiger partial charge on any atom is -0.351 e. The molecule has 0 aliphatic heterocycles. The number of rotatable bonds is 9. The van der Waals surface area contributed by atoms with Gasteiger partial charge in [0.2, 0.25) is 0 Å². The number of fused-ring (bicyclic) bond motifs is 1. The van der Waals surface area contributed by atoms with Crippen LogP contribution in [0.1, 0.15) is 24.8 Å². The van der Waals surface area contributed by atoms with Crippen molar-refractivity contribution in [3.8, 4) is 10.7 Å². The molecule has 5 aromatic rings. The Morgan fingerprint density at radius 3 is 2.64 bits per heavy atom. The number of pyridine rings is 1. The van der Waals surface area contributed by atoms with Crippen molar-refractivity contribution in [3.05, 3.63) is 82.9 Å². The zero-order valence-electron chi connectivity index (χ0n) is 19.4. The van der Waals surface area contributed by atoms with Crippen LogP contribution in [0.3, 0.4) is 0 Å². The molecule has 5 rings (SSSR count). The van der Waals surface area contributed by atoms with Gasteiger partial charge in [0, 0.05) is 48.5 Å². The van der Waals surface area contributed by atoms with Crippen molar-refractivity contribution in [2.24, 2.45) is 0 Å². The molecule has 0 amide bonds. The first-order valence-electron chi connectivity index (χ1n) is 11.2. The second-order valence-corrected chi connectivity index (χ2v) is 12.3. The molecule has 0 bridgehead atoms. The lowest BCUT2D eigenvalue weighted by molar-refractivity contribution is 0.321. The Morgan fingerprint density at radius 2 is 1.92 bits per heavy atom. The van der Waals surface area contributed by atoms with Crippen LogP contribution in [-0.2, 0) is 23.1 Å². The van der Waals surface area contributed by atoms with Gasteiger partial charge in [-0.2, -0.15) is 0 Å². The molecule has 4 aromatic heterocycles. The topological polar surface area (TPSA) is 82.2 Å². The van der Waals surface area contributed by atoms with Gasteiger partial charge in [0.05, 0.1) is 16.9 Å². The van der Waals surface area contributed by atoms with Gasteiger partial charge in [0.1, 0.15) is 9.22 Å². The van der Waals surface area contributed by atoms with Gasteiger partial charge < -0.3 is 4.98 Å². The predicted molar refractivity (Wildman–Crippen MR) is 150 cm³/mol. The number of aromatic nitrogens is 3. The van der Waals surface area contributed by atoms with E-state index in [4.69, 9.17) is 0 Å². The molecule has 0 fully saturated rings. The van der Waals surface area contributed by atoms with E-state index in [1.807, 2.05) is 49.6 Å². The predicted octanol–water partition coefficient (Wildman–Crippen LogP) is 6.23. The van der Waals surface area contributed by atoms with Crippen molar-refractivity contribution in [1.29, 1.82) is 0 Å². The summed E-state index contributed by atoms with van der Waals surface area (Å²) in [6.07, 6.45) is 5.57. The quantitative estimate of drug-likeness (QED) is 0.240. The molecule has 1 aromatic carbocycles. The van der Waals surface area contributed by atoms with E-state index in [1.165, 1.54) is 21.2 Å². The maximum atomic E-state index is 13.3. The number of anilines is 1. The average molecular weight is 540 g/mol. The summed E-state index contributed by atoms with van der Waals surface area (Å²) in [4.78, 5) is 15.7. The van der Waals surface area contributed by atoms with E-state index in [2.05, 4.69) is 33.0 Å². The van der Waals surface area contributed by atoms with Crippen LogP contribution in [-0.4, -0.2) is 41.9 Å². The van der Waals surface area contributed by atoms with Crippen LogP contribution in [0.4, 0.5) is 5.69 Å². The van der Waals surface area contributed by atoms with Gasteiger partial charge in [0.25, 0.3) is 10.0 Å². The first kappa shape index (κ1) is 26.0. The summed E-state index contributed by atoms with van der Waals surface area (Å²) in [6.45, 7) is 3.77. The van der Waals surface area contributed by atoms with Gasteiger partial charge in [0.15, 0.2) is 0 Å². The molecule has 0 atom stereocenters. The van der Waals surface area contributed by atoms with Gasteiger partial charge >= 0.3 is 0 Å². The first-order valence-corrected chi connectivity index (χ1v) is 14.3. The second kappa shape index (κ2) is 10.9. The van der Waals surface area contributed by atoms with Crippen LogP contribution in [0, 0.1) is 0 Å². The fourth-order valence-electron chi connectivity index (χ4n) is 4.08. The number of sulfonamides is 1. The molecule has 0 saturated carbocycles. The molecule has 7 nitrogen and oxygen atoms in total. The molecule has 1 N–H and O–H groups in total. The van der Waals surface area contributed by atoms with Gasteiger partial charge in [-0.15, -0.1) is 22.7 Å². The lowest BCUT2D eigenvalue weighted by Crippen LogP contribution is -2.30. The van der Waals surface area contributed by atoms with Crippen molar-refractivity contribution in [2.75, 3.05) is 17.9 Å². The van der Waals surface area contributed by atoms with E-state index in [0.29, 0.717) is 16.4 Å². The molecule has 188 valence electrons. The molecule has 0 unspecified atom stereocenters. The largest absolute Gasteiger partial charge is 0.351 e. The summed E-state index contributed by atoms with van der Waals surface area (Å²) >= 11 is 2.86. The van der Waals surface area contributed by atoms with E-state index >= 15 is 0 Å². The van der Waals surface area contributed by atoms with Crippen LogP contribution in [0.15, 0.2) is 76.7 Å². The highest BCUT2D eigenvalue weighted by molar-refractivity contribution is 7.94. The van der Waals surface area contributed by atoms with Crippen molar-refractivity contribution < 1.29 is 8.42 Å². The number of benzene rings is 1. The van der Waals surface area contributed by atoms with E-state index in [0.717, 1.165) is 39.6 Å². The highest BCUT2D eigenvalue weighted by Gasteiger charge is 2.26. The van der Waals surface area contributed by atoms with Gasteiger partial charge in [-0.25, -0.2) is 13.4 Å². The number of thiophene rings is 1. The zero-order valence-corrected chi connectivity index (χ0v) is 21.8. The van der Waals surface area contributed by atoms with Crippen LogP contribution >= 0.6 is 22.7 Å². The van der Waals surface area contributed by atoms with Crippen molar-refractivity contribution in [1.82, 2.24) is 19.9 Å². The van der Waals surface area contributed by atoms with E-state index in [-0.39, 0.29) is 7.43 Å². The summed E-state index contributed by atoms with van der Waals surface area (Å²) in [6, 6.07) is 15.2. The molecule has 0 radical (unpaired) electrons. The second-order valence-electron chi connectivity index (χ2n) is 8.19. The van der Waals surface area contributed by atoms with Crippen LogP contribution < -0.4 is 4.31 Å². The highest BCUT2D eigenvalue weighted by atomic mass is 32.2. The van der Waals surface area contributed by atoms with E-state index in [1.54, 1.807) is 35.0 Å². The Labute approximate surface area is 220 Å². The Kier molecular flexibility index (Phi) is 7.89. The minimum atomic E-state index is -3.63. The SMILES string of the molecule is C.CCN(c1cccc2cc(-c3ncc(CN(C)Cc4cccnc4)s3)[nH]c12)S(=O)(=O)c1cccs1. The third-order valence-corrected chi connectivity index (χ3v) is 9.89. The van der Waals surface area contributed by atoms with Crippen molar-refractivity contribution >= 4 is 49.3 Å². The molecule has 10 heteroatoms. The lowest BCUT2D eigenvalue weighted by Gasteiger charge is -2.22. The summed E-state index contributed by atoms with van der Waals surface area (Å²) in [7, 11) is -1.56. The average Bonchev–Trinajstić information content (AvgIpc) is 3.61. The Hall–Kier alpha value is -3.05. The number of H-pyrrole nitrogens is 1. The maximum Gasteiger partial charge on any atom is 0.273 e. The minimum absolute atomic E-state index is 0. The molecule has 0 saturated heterocycles. The molecule has 0 aliphatic rings. The zero-order chi connectivity index (χ0) is 24.4. The fraction of sp³-hybridized carbons (Fsp3) is 0.231. The number of thiazole rings is 1. The van der Waals surface area contributed by atoms with E-state index in [9.17, 15) is 8.42 Å². The molecule has 4 heterocycles. The summed E-state index contributed by atoms with van der Waals surface area (Å²) in [5.74, 6) is 0. The Bertz CT molecular complexity index is 1530. The van der Waals surface area contributed by atoms with Crippen molar-refractivity contribution in [2.45, 2.75) is 31.6 Å². The Morgan fingerprint density at radius 1 is 1.06 bits per heavy atom. The van der Waals surface area contributed by atoms with E-state index < -0.39 is 10.0 Å². The smallest absolute Gasteiger partial charge is 0.273 e. The van der Waals surface area contributed by atoms with Gasteiger partial charge in [-0.05, 0) is 49.2 Å². The number of hydrogen-bond acceptors (Lipinski definition) is 7. The van der Waals surface area contributed by atoms with Crippen LogP contribution in [0.25, 0.3) is 21.6 Å². The summed E-state index contributed by atoms with van der Waals surface area (Å²) in [5, 5.41) is 3.60. The van der Waals surface area contributed by atoms with Crippen molar-refractivity contribution in [3.63, 3.8) is 0 Å². The number of aromatic amines is 1. The number of nitrogens with one attached hydrogen (secondary N) is 1. The molecule has 0 aliphatic carbocycles. The molecule has 0 spiro atoms. The standard InChI is InChI=1S/C25H25N5O2S3.CH4/c1-3-30(35(31,32)23-10-6-12-33-23)22-9-4-8-19-13-21(28-24(19)22)25-27-15-20(34-25)17-29(2)16-18-7-5-11-26-14-18;/h4-15,28H,3,16-17H2,1-2H3;1H4. The number of para-hydroxylation sites is 1. The molecule has 36 heavy (non-hydrogen) atoms. The fourth-order valence-corrected chi connectivity index (χ4v) is 7.64. The number of nitrogens with zero attached hydrogens (tertiary/aromatic N) is 4. The lowest BCUT2D eigenvalue weighted by atomic mass is 10.2.